The highest BCUT2D eigenvalue weighted by atomic mass is 19.1. The van der Waals surface area contributed by atoms with Crippen molar-refractivity contribution < 1.29 is 9.50 Å². The van der Waals surface area contributed by atoms with Crippen LogP contribution in [0.25, 0.3) is 0 Å². The van der Waals surface area contributed by atoms with Crippen LogP contribution in [0.15, 0.2) is 42.5 Å². The number of phenolic OH excluding ortho intramolecular Hbond substituents is 1. The third-order valence-electron chi connectivity index (χ3n) is 2.98. The number of halogens is 1. The highest BCUT2D eigenvalue weighted by Crippen LogP contribution is 2.18. The van der Waals surface area contributed by atoms with Gasteiger partial charge in [-0.3, -0.25) is 0 Å². The Morgan fingerprint density at radius 1 is 1.25 bits per heavy atom. The molecule has 2 aromatic carbocycles. The predicted molar refractivity (Wildman–Crippen MR) is 76.0 cm³/mol. The van der Waals surface area contributed by atoms with Crippen molar-refractivity contribution >= 4 is 5.69 Å². The number of benzene rings is 2. The van der Waals surface area contributed by atoms with Crippen molar-refractivity contribution in [2.75, 3.05) is 5.32 Å². The average molecular weight is 270 g/mol. The molecule has 4 heteroatoms. The molecule has 0 saturated heterocycles. The molecule has 102 valence electrons. The van der Waals surface area contributed by atoms with Crippen LogP contribution >= 0.6 is 0 Å². The van der Waals surface area contributed by atoms with Crippen LogP contribution in [0.2, 0.25) is 0 Å². The Hall–Kier alpha value is -2.54. The zero-order chi connectivity index (χ0) is 14.5. The fourth-order valence-corrected chi connectivity index (χ4v) is 2.00. The summed E-state index contributed by atoms with van der Waals surface area (Å²) < 4.78 is 13.7. The third kappa shape index (κ3) is 3.48. The first-order valence-electron chi connectivity index (χ1n) is 6.32. The van der Waals surface area contributed by atoms with Crippen LogP contribution in [-0.4, -0.2) is 11.1 Å². The lowest BCUT2D eigenvalue weighted by Crippen LogP contribution is -2.18. The molecule has 0 bridgehead atoms. The van der Waals surface area contributed by atoms with Crippen LogP contribution in [0.4, 0.5) is 10.1 Å². The minimum Gasteiger partial charge on any atom is -0.508 e. The Morgan fingerprint density at radius 2 is 1.95 bits per heavy atom. The number of nitriles is 1. The lowest BCUT2D eigenvalue weighted by Gasteiger charge is -2.16. The van der Waals surface area contributed by atoms with Gasteiger partial charge >= 0.3 is 0 Å². The van der Waals surface area contributed by atoms with Gasteiger partial charge in [-0.25, -0.2) is 4.39 Å². The van der Waals surface area contributed by atoms with Crippen LogP contribution in [0, 0.1) is 17.1 Å². The van der Waals surface area contributed by atoms with Gasteiger partial charge in [-0.2, -0.15) is 5.26 Å². The van der Waals surface area contributed by atoms with E-state index < -0.39 is 5.82 Å². The highest BCUT2D eigenvalue weighted by Gasteiger charge is 2.08. The molecule has 2 N–H and O–H groups in total. The van der Waals surface area contributed by atoms with Crippen molar-refractivity contribution in [2.45, 2.75) is 19.4 Å². The number of hydrogen-bond donors (Lipinski definition) is 2. The molecule has 0 fully saturated rings. The largest absolute Gasteiger partial charge is 0.508 e. The average Bonchev–Trinajstić information content (AvgIpc) is 2.43. The molecule has 2 rings (SSSR count). The summed E-state index contributed by atoms with van der Waals surface area (Å²) >= 11 is 0. The molecule has 2 aromatic rings. The summed E-state index contributed by atoms with van der Waals surface area (Å²) in [4.78, 5) is 0. The van der Waals surface area contributed by atoms with E-state index in [-0.39, 0.29) is 11.8 Å². The van der Waals surface area contributed by atoms with Gasteiger partial charge in [0, 0.05) is 6.04 Å². The lowest BCUT2D eigenvalue weighted by atomic mass is 10.1. The highest BCUT2D eigenvalue weighted by molar-refractivity contribution is 5.49. The minimum absolute atomic E-state index is 0.0296. The first-order chi connectivity index (χ1) is 9.58. The summed E-state index contributed by atoms with van der Waals surface area (Å²) in [5, 5.41) is 21.0. The van der Waals surface area contributed by atoms with Crippen LogP contribution < -0.4 is 5.32 Å². The zero-order valence-electron chi connectivity index (χ0n) is 11.1. The molecule has 20 heavy (non-hydrogen) atoms. The van der Waals surface area contributed by atoms with Crippen molar-refractivity contribution in [2.24, 2.45) is 0 Å². The maximum Gasteiger partial charge on any atom is 0.147 e. The molecule has 1 unspecified atom stereocenters. The van der Waals surface area contributed by atoms with E-state index in [0.29, 0.717) is 17.7 Å². The smallest absolute Gasteiger partial charge is 0.147 e. The maximum absolute atomic E-state index is 13.7. The Bertz CT molecular complexity index is 632. The summed E-state index contributed by atoms with van der Waals surface area (Å²) in [6, 6.07) is 13.2. The lowest BCUT2D eigenvalue weighted by molar-refractivity contribution is 0.475. The Balaban J connectivity index is 2.03. The monoisotopic (exact) mass is 270 g/mol. The number of phenols is 1. The van der Waals surface area contributed by atoms with Crippen molar-refractivity contribution in [3.63, 3.8) is 0 Å². The second-order valence-corrected chi connectivity index (χ2v) is 4.72. The van der Waals surface area contributed by atoms with Gasteiger partial charge in [0.25, 0.3) is 0 Å². The first kappa shape index (κ1) is 13.9. The Morgan fingerprint density at radius 3 is 2.55 bits per heavy atom. The van der Waals surface area contributed by atoms with Crippen molar-refractivity contribution in [1.29, 1.82) is 5.26 Å². The van der Waals surface area contributed by atoms with E-state index in [2.05, 4.69) is 5.32 Å². The number of hydrogen-bond acceptors (Lipinski definition) is 3. The molecule has 0 amide bonds. The molecular weight excluding hydrogens is 255 g/mol. The predicted octanol–water partition coefficient (Wildman–Crippen LogP) is 3.45. The minimum atomic E-state index is -0.429. The first-order valence-corrected chi connectivity index (χ1v) is 6.32. The van der Waals surface area contributed by atoms with Gasteiger partial charge in [0.2, 0.25) is 0 Å². The van der Waals surface area contributed by atoms with E-state index in [4.69, 9.17) is 5.26 Å². The van der Waals surface area contributed by atoms with Crippen molar-refractivity contribution in [3.8, 4) is 11.8 Å². The normalized spacial score (nSPS) is 11.7. The molecule has 0 aliphatic rings. The molecule has 0 saturated carbocycles. The van der Waals surface area contributed by atoms with Gasteiger partial charge in [-0.05, 0) is 49.2 Å². The van der Waals surface area contributed by atoms with Gasteiger partial charge in [0.15, 0.2) is 0 Å². The molecule has 0 aromatic heterocycles. The number of aromatic hydroxyl groups is 1. The number of nitrogens with one attached hydrogen (secondary N) is 1. The molecule has 0 spiro atoms. The number of rotatable bonds is 4. The molecular formula is C16H15FN2O. The van der Waals surface area contributed by atoms with Crippen LogP contribution in [-0.2, 0) is 6.42 Å². The van der Waals surface area contributed by atoms with Gasteiger partial charge in [0.05, 0.1) is 17.3 Å². The van der Waals surface area contributed by atoms with E-state index >= 15 is 0 Å². The molecule has 3 nitrogen and oxygen atoms in total. The van der Waals surface area contributed by atoms with E-state index in [1.165, 1.54) is 6.07 Å². The molecule has 0 radical (unpaired) electrons. The SMILES string of the molecule is CC(Cc1ccc(O)cc1)Nc1ccc(C#N)cc1F. The van der Waals surface area contributed by atoms with Gasteiger partial charge in [-0.1, -0.05) is 12.1 Å². The fraction of sp³-hybridized carbons (Fsp3) is 0.188. The van der Waals surface area contributed by atoms with Crippen LogP contribution in [0.1, 0.15) is 18.1 Å². The quantitative estimate of drug-likeness (QED) is 0.894. The second kappa shape index (κ2) is 6.07. The standard InChI is InChI=1S/C16H15FN2O/c1-11(8-12-2-5-14(20)6-3-12)19-16-7-4-13(10-18)9-15(16)17/h2-7,9,11,19-20H,8H2,1H3. The van der Waals surface area contributed by atoms with E-state index in [1.54, 1.807) is 24.3 Å². The van der Waals surface area contributed by atoms with E-state index in [0.717, 1.165) is 5.56 Å². The third-order valence-corrected chi connectivity index (χ3v) is 2.98. The summed E-state index contributed by atoms with van der Waals surface area (Å²) in [6.07, 6.45) is 0.708. The van der Waals surface area contributed by atoms with Crippen molar-refractivity contribution in [3.05, 3.63) is 59.4 Å². The number of anilines is 1. The molecule has 0 aliphatic carbocycles. The number of nitrogens with zero attached hydrogens (tertiary/aromatic N) is 1. The van der Waals surface area contributed by atoms with Crippen LogP contribution in [0.3, 0.4) is 0 Å². The molecule has 0 aliphatic heterocycles. The van der Waals surface area contributed by atoms with Gasteiger partial charge in [-0.15, -0.1) is 0 Å². The van der Waals surface area contributed by atoms with E-state index in [1.807, 2.05) is 25.1 Å². The van der Waals surface area contributed by atoms with E-state index in [9.17, 15) is 9.50 Å². The zero-order valence-corrected chi connectivity index (χ0v) is 11.1. The Labute approximate surface area is 117 Å². The maximum atomic E-state index is 13.7. The van der Waals surface area contributed by atoms with Gasteiger partial charge < -0.3 is 10.4 Å². The summed E-state index contributed by atoms with van der Waals surface area (Å²) in [5.41, 5.74) is 1.74. The summed E-state index contributed by atoms with van der Waals surface area (Å²) in [5.74, 6) is -0.200. The second-order valence-electron chi connectivity index (χ2n) is 4.72. The fourth-order valence-electron chi connectivity index (χ4n) is 2.00. The molecule has 1 atom stereocenters. The summed E-state index contributed by atoms with van der Waals surface area (Å²) in [6.45, 7) is 1.95. The Kier molecular flexibility index (Phi) is 4.21. The van der Waals surface area contributed by atoms with Gasteiger partial charge in [0.1, 0.15) is 11.6 Å². The van der Waals surface area contributed by atoms with Crippen LogP contribution in [0.5, 0.6) is 5.75 Å². The topological polar surface area (TPSA) is 56.0 Å². The summed E-state index contributed by atoms with van der Waals surface area (Å²) in [7, 11) is 0. The van der Waals surface area contributed by atoms with Crippen molar-refractivity contribution in [1.82, 2.24) is 0 Å². The molecule has 0 heterocycles.